The number of carbonyl (C=O) groups is 5. The number of nitrogens with one attached hydrogen (secondary N) is 3. The van der Waals surface area contributed by atoms with Crippen molar-refractivity contribution in [3.63, 3.8) is 0 Å². The zero-order valence-electron chi connectivity index (χ0n) is 14.7. The van der Waals surface area contributed by atoms with Crippen LogP contribution in [0.3, 0.4) is 0 Å². The lowest BCUT2D eigenvalue weighted by Crippen LogP contribution is -2.55. The van der Waals surface area contributed by atoms with E-state index in [0.717, 1.165) is 0 Å². The number of hydrogen-bond acceptors (Lipinski definition) is 8. The molecule has 0 heterocycles. The highest BCUT2D eigenvalue weighted by atomic mass is 16.4. The third kappa shape index (κ3) is 9.48. The van der Waals surface area contributed by atoms with Gasteiger partial charge in [0, 0.05) is 6.42 Å². The van der Waals surface area contributed by atoms with Crippen LogP contribution in [0.2, 0.25) is 0 Å². The predicted octanol–water partition coefficient (Wildman–Crippen LogP) is -4.88. The second kappa shape index (κ2) is 11.8. The lowest BCUT2D eigenvalue weighted by Gasteiger charge is -2.21. The van der Waals surface area contributed by atoms with Crippen molar-refractivity contribution in [3.05, 3.63) is 0 Å². The standard InChI is InChI=1S/C14H25N5O8/c1-6(21)11(16)13(25)19-7(2-3-9(15)22)12(24)17-4-10(23)18-8(5-20)14(26)27/h6-8,11,20-21H,2-5,16H2,1H3,(H2,15,22)(H,17,24)(H,18,23)(H,19,25)(H,26,27). The first kappa shape index (κ1) is 24.2. The van der Waals surface area contributed by atoms with Crippen LogP contribution in [0.15, 0.2) is 0 Å². The lowest BCUT2D eigenvalue weighted by atomic mass is 10.1. The molecule has 154 valence electrons. The van der Waals surface area contributed by atoms with E-state index in [2.05, 4.69) is 10.6 Å². The number of aliphatic carboxylic acids is 1. The number of amides is 4. The fraction of sp³-hybridized carbons (Fsp3) is 0.643. The SMILES string of the molecule is CC(O)C(N)C(=O)NC(CCC(N)=O)C(=O)NCC(=O)NC(CO)C(=O)O. The van der Waals surface area contributed by atoms with Crippen LogP contribution in [0, 0.1) is 0 Å². The van der Waals surface area contributed by atoms with Gasteiger partial charge in [0.2, 0.25) is 23.6 Å². The summed E-state index contributed by atoms with van der Waals surface area (Å²) in [4.78, 5) is 57.3. The van der Waals surface area contributed by atoms with E-state index in [1.54, 1.807) is 0 Å². The molecule has 0 aromatic heterocycles. The minimum absolute atomic E-state index is 0.185. The van der Waals surface area contributed by atoms with E-state index in [4.69, 9.17) is 21.7 Å². The Kier molecular flexibility index (Phi) is 10.6. The van der Waals surface area contributed by atoms with Crippen LogP contribution in [0.1, 0.15) is 19.8 Å². The third-order valence-electron chi connectivity index (χ3n) is 3.37. The van der Waals surface area contributed by atoms with E-state index >= 15 is 0 Å². The van der Waals surface area contributed by atoms with Crippen LogP contribution in [-0.4, -0.2) is 82.3 Å². The molecule has 0 fully saturated rings. The number of aliphatic hydroxyl groups is 2. The van der Waals surface area contributed by atoms with Crippen molar-refractivity contribution in [2.45, 2.75) is 44.0 Å². The van der Waals surface area contributed by atoms with E-state index in [1.807, 2.05) is 5.32 Å². The average molecular weight is 391 g/mol. The predicted molar refractivity (Wildman–Crippen MR) is 89.7 cm³/mol. The lowest BCUT2D eigenvalue weighted by molar-refractivity contribution is -0.142. The number of carboxylic acids is 1. The highest BCUT2D eigenvalue weighted by Crippen LogP contribution is 2.00. The van der Waals surface area contributed by atoms with E-state index in [1.165, 1.54) is 6.92 Å². The molecule has 0 aliphatic carbocycles. The normalized spacial score (nSPS) is 15.0. The summed E-state index contributed by atoms with van der Waals surface area (Å²) in [6, 6.07) is -4.13. The Balaban J connectivity index is 4.83. The largest absolute Gasteiger partial charge is 0.480 e. The number of hydrogen-bond donors (Lipinski definition) is 8. The second-order valence-electron chi connectivity index (χ2n) is 5.69. The Labute approximate surface area is 154 Å². The van der Waals surface area contributed by atoms with Gasteiger partial charge in [-0.25, -0.2) is 4.79 Å². The highest BCUT2D eigenvalue weighted by molar-refractivity contribution is 5.93. The molecule has 0 aromatic rings. The van der Waals surface area contributed by atoms with Gasteiger partial charge in [0.15, 0.2) is 0 Å². The summed E-state index contributed by atoms with van der Waals surface area (Å²) in [5, 5.41) is 33.2. The summed E-state index contributed by atoms with van der Waals surface area (Å²) in [6.07, 6.45) is -1.63. The number of aliphatic hydroxyl groups excluding tert-OH is 2. The van der Waals surface area contributed by atoms with Crippen molar-refractivity contribution in [1.82, 2.24) is 16.0 Å². The van der Waals surface area contributed by atoms with Crippen molar-refractivity contribution in [3.8, 4) is 0 Å². The van der Waals surface area contributed by atoms with Crippen LogP contribution in [-0.2, 0) is 24.0 Å². The molecule has 0 bridgehead atoms. The molecule has 4 unspecified atom stereocenters. The number of carboxylic acid groups (broad SMARTS) is 1. The maximum atomic E-state index is 12.2. The Morgan fingerprint density at radius 3 is 2.07 bits per heavy atom. The van der Waals surface area contributed by atoms with E-state index < -0.39 is 67.0 Å². The molecule has 0 aliphatic rings. The summed E-state index contributed by atoms with van der Waals surface area (Å²) < 4.78 is 0. The fourth-order valence-corrected chi connectivity index (χ4v) is 1.76. The van der Waals surface area contributed by atoms with Crippen LogP contribution in [0.5, 0.6) is 0 Å². The zero-order valence-corrected chi connectivity index (χ0v) is 14.7. The van der Waals surface area contributed by atoms with Gasteiger partial charge in [-0.3, -0.25) is 19.2 Å². The van der Waals surface area contributed by atoms with Crippen LogP contribution in [0.25, 0.3) is 0 Å². The number of carbonyl (C=O) groups excluding carboxylic acids is 4. The van der Waals surface area contributed by atoms with Crippen LogP contribution < -0.4 is 27.4 Å². The molecule has 0 radical (unpaired) electrons. The molecule has 4 amide bonds. The molecule has 0 rings (SSSR count). The average Bonchev–Trinajstić information content (AvgIpc) is 2.59. The zero-order chi connectivity index (χ0) is 21.1. The van der Waals surface area contributed by atoms with E-state index in [9.17, 15) is 29.1 Å². The van der Waals surface area contributed by atoms with Gasteiger partial charge in [0.05, 0.1) is 19.3 Å². The molecule has 0 saturated carbocycles. The molecule has 27 heavy (non-hydrogen) atoms. The first-order chi connectivity index (χ1) is 12.5. The molecule has 13 nitrogen and oxygen atoms in total. The van der Waals surface area contributed by atoms with Crippen molar-refractivity contribution < 1.29 is 39.3 Å². The Bertz CT molecular complexity index is 568. The molecule has 0 aromatic carbocycles. The summed E-state index contributed by atoms with van der Waals surface area (Å²) >= 11 is 0. The Hall–Kier alpha value is -2.77. The number of rotatable bonds is 12. The minimum atomic E-state index is -1.54. The molecule has 10 N–H and O–H groups in total. The minimum Gasteiger partial charge on any atom is -0.480 e. The van der Waals surface area contributed by atoms with E-state index in [0.29, 0.717) is 0 Å². The highest BCUT2D eigenvalue weighted by Gasteiger charge is 2.27. The third-order valence-corrected chi connectivity index (χ3v) is 3.37. The number of nitrogens with two attached hydrogens (primary N) is 2. The van der Waals surface area contributed by atoms with Gasteiger partial charge in [-0.2, -0.15) is 0 Å². The molecular formula is C14H25N5O8. The van der Waals surface area contributed by atoms with Crippen molar-refractivity contribution >= 4 is 29.6 Å². The first-order valence-corrected chi connectivity index (χ1v) is 7.92. The summed E-state index contributed by atoms with van der Waals surface area (Å²) in [5.41, 5.74) is 10.5. The van der Waals surface area contributed by atoms with Crippen LogP contribution in [0.4, 0.5) is 0 Å². The smallest absolute Gasteiger partial charge is 0.328 e. The molecule has 0 saturated heterocycles. The number of primary amides is 1. The monoisotopic (exact) mass is 391 g/mol. The van der Waals surface area contributed by atoms with Crippen LogP contribution >= 0.6 is 0 Å². The molecule has 4 atom stereocenters. The van der Waals surface area contributed by atoms with Gasteiger partial charge in [-0.15, -0.1) is 0 Å². The molecule has 0 aliphatic heterocycles. The van der Waals surface area contributed by atoms with Gasteiger partial charge in [0.1, 0.15) is 18.1 Å². The van der Waals surface area contributed by atoms with Gasteiger partial charge < -0.3 is 42.7 Å². The van der Waals surface area contributed by atoms with Gasteiger partial charge in [-0.05, 0) is 13.3 Å². The maximum absolute atomic E-state index is 12.2. The van der Waals surface area contributed by atoms with Gasteiger partial charge in [-0.1, -0.05) is 0 Å². The quantitative estimate of drug-likeness (QED) is 0.159. The second-order valence-corrected chi connectivity index (χ2v) is 5.69. The summed E-state index contributed by atoms with van der Waals surface area (Å²) in [5.74, 6) is -4.80. The Morgan fingerprint density at radius 1 is 1.04 bits per heavy atom. The van der Waals surface area contributed by atoms with E-state index in [-0.39, 0.29) is 12.8 Å². The topological polar surface area (TPSA) is 234 Å². The van der Waals surface area contributed by atoms with Crippen molar-refractivity contribution in [1.29, 1.82) is 0 Å². The fourth-order valence-electron chi connectivity index (χ4n) is 1.76. The summed E-state index contributed by atoms with van der Waals surface area (Å²) in [6.45, 7) is -0.218. The Morgan fingerprint density at radius 2 is 1.63 bits per heavy atom. The van der Waals surface area contributed by atoms with Gasteiger partial charge >= 0.3 is 5.97 Å². The van der Waals surface area contributed by atoms with Gasteiger partial charge in [0.25, 0.3) is 0 Å². The van der Waals surface area contributed by atoms with Crippen molar-refractivity contribution in [2.75, 3.05) is 13.2 Å². The maximum Gasteiger partial charge on any atom is 0.328 e. The summed E-state index contributed by atoms with van der Waals surface area (Å²) in [7, 11) is 0. The molecule has 0 spiro atoms. The molecule has 13 heteroatoms. The van der Waals surface area contributed by atoms with Crippen molar-refractivity contribution in [2.24, 2.45) is 11.5 Å². The molecular weight excluding hydrogens is 366 g/mol. The first-order valence-electron chi connectivity index (χ1n) is 7.92.